The fraction of sp³-hybridized carbons (Fsp3) is 0.688. The van der Waals surface area contributed by atoms with E-state index in [0.717, 1.165) is 43.0 Å². The molecule has 1 aliphatic carbocycles. The minimum Gasteiger partial charge on any atom is -0.466 e. The Morgan fingerprint density at radius 1 is 1.45 bits per heavy atom. The van der Waals surface area contributed by atoms with Crippen LogP contribution in [0.4, 0.5) is 4.79 Å². The van der Waals surface area contributed by atoms with Gasteiger partial charge < -0.3 is 14.6 Å². The number of hydrogen-bond donors (Lipinski definition) is 1. The van der Waals surface area contributed by atoms with E-state index in [1.807, 2.05) is 25.7 Å². The van der Waals surface area contributed by atoms with E-state index in [9.17, 15) is 4.79 Å². The van der Waals surface area contributed by atoms with E-state index in [-0.39, 0.29) is 17.5 Å². The van der Waals surface area contributed by atoms with Crippen molar-refractivity contribution in [1.29, 1.82) is 0 Å². The van der Waals surface area contributed by atoms with Gasteiger partial charge in [0.25, 0.3) is 0 Å². The van der Waals surface area contributed by atoms with Crippen LogP contribution in [0.15, 0.2) is 10.5 Å². The molecule has 1 aliphatic rings. The standard InChI is InChI=1S/C16H26N2O2/c1-6-18(7-2)15(19)17-13-9-16(4,5)10-14-12(13)8-11(3)20-14/h8,13H,6-7,9-10H2,1-5H3,(H,17,19). The quantitative estimate of drug-likeness (QED) is 0.917. The second-order valence-corrected chi connectivity index (χ2v) is 6.46. The van der Waals surface area contributed by atoms with Crippen LogP contribution in [0, 0.1) is 12.3 Å². The summed E-state index contributed by atoms with van der Waals surface area (Å²) >= 11 is 0. The summed E-state index contributed by atoms with van der Waals surface area (Å²) < 4.78 is 5.80. The van der Waals surface area contributed by atoms with E-state index >= 15 is 0 Å². The normalized spacial score (nSPS) is 20.4. The van der Waals surface area contributed by atoms with Crippen LogP contribution in [0.25, 0.3) is 0 Å². The summed E-state index contributed by atoms with van der Waals surface area (Å²) in [4.78, 5) is 14.1. The maximum absolute atomic E-state index is 12.3. The van der Waals surface area contributed by atoms with Crippen molar-refractivity contribution in [3.8, 4) is 0 Å². The first-order valence-corrected chi connectivity index (χ1v) is 7.51. The molecule has 2 rings (SSSR count). The van der Waals surface area contributed by atoms with Gasteiger partial charge in [-0.05, 0) is 38.7 Å². The molecule has 0 radical (unpaired) electrons. The zero-order chi connectivity index (χ0) is 14.9. The van der Waals surface area contributed by atoms with Gasteiger partial charge in [0.15, 0.2) is 0 Å². The molecule has 0 saturated heterocycles. The smallest absolute Gasteiger partial charge is 0.317 e. The molecule has 4 nitrogen and oxygen atoms in total. The highest BCUT2D eigenvalue weighted by molar-refractivity contribution is 5.74. The first-order valence-electron chi connectivity index (χ1n) is 7.51. The van der Waals surface area contributed by atoms with Crippen LogP contribution >= 0.6 is 0 Å². The summed E-state index contributed by atoms with van der Waals surface area (Å²) in [6, 6.07) is 2.14. The molecule has 2 amide bonds. The fourth-order valence-electron chi connectivity index (χ4n) is 3.06. The van der Waals surface area contributed by atoms with Crippen LogP contribution < -0.4 is 5.32 Å². The third-order valence-electron chi connectivity index (χ3n) is 4.08. The number of aryl methyl sites for hydroxylation is 1. The molecular formula is C16H26N2O2. The van der Waals surface area contributed by atoms with Crippen molar-refractivity contribution in [3.63, 3.8) is 0 Å². The Hall–Kier alpha value is -1.45. The van der Waals surface area contributed by atoms with Crippen molar-refractivity contribution in [1.82, 2.24) is 10.2 Å². The second-order valence-electron chi connectivity index (χ2n) is 6.46. The number of nitrogens with one attached hydrogen (secondary N) is 1. The highest BCUT2D eigenvalue weighted by atomic mass is 16.3. The molecule has 1 heterocycles. The van der Waals surface area contributed by atoms with Crippen LogP contribution in [-0.2, 0) is 6.42 Å². The largest absolute Gasteiger partial charge is 0.466 e. The number of furan rings is 1. The predicted octanol–water partition coefficient (Wildman–Crippen LogP) is 3.65. The molecule has 1 aromatic heterocycles. The SMILES string of the molecule is CCN(CC)C(=O)NC1CC(C)(C)Cc2oc(C)cc21. The molecule has 4 heteroatoms. The summed E-state index contributed by atoms with van der Waals surface area (Å²) in [5, 5.41) is 3.17. The Balaban J connectivity index is 2.21. The van der Waals surface area contributed by atoms with Gasteiger partial charge >= 0.3 is 6.03 Å². The van der Waals surface area contributed by atoms with Gasteiger partial charge in [-0.3, -0.25) is 0 Å². The average Bonchev–Trinajstić information content (AvgIpc) is 2.69. The molecule has 0 fully saturated rings. The van der Waals surface area contributed by atoms with Gasteiger partial charge in [-0.1, -0.05) is 13.8 Å². The molecule has 1 N–H and O–H groups in total. The Morgan fingerprint density at radius 3 is 2.70 bits per heavy atom. The lowest BCUT2D eigenvalue weighted by Crippen LogP contribution is -2.43. The molecule has 0 spiro atoms. The highest BCUT2D eigenvalue weighted by Gasteiger charge is 2.35. The summed E-state index contributed by atoms with van der Waals surface area (Å²) in [6.07, 6.45) is 1.89. The highest BCUT2D eigenvalue weighted by Crippen LogP contribution is 2.42. The van der Waals surface area contributed by atoms with Crippen LogP contribution in [0.2, 0.25) is 0 Å². The van der Waals surface area contributed by atoms with Crippen LogP contribution in [0.5, 0.6) is 0 Å². The van der Waals surface area contributed by atoms with Gasteiger partial charge in [0.1, 0.15) is 11.5 Å². The fourth-order valence-corrected chi connectivity index (χ4v) is 3.06. The summed E-state index contributed by atoms with van der Waals surface area (Å²) in [7, 11) is 0. The third-order valence-corrected chi connectivity index (χ3v) is 4.08. The van der Waals surface area contributed by atoms with E-state index in [1.54, 1.807) is 0 Å². The van der Waals surface area contributed by atoms with Crippen molar-refractivity contribution in [2.45, 2.75) is 53.5 Å². The average molecular weight is 278 g/mol. The van der Waals surface area contributed by atoms with Crippen molar-refractivity contribution >= 4 is 6.03 Å². The van der Waals surface area contributed by atoms with Gasteiger partial charge in [0, 0.05) is 25.1 Å². The molecule has 0 aromatic carbocycles. The molecule has 20 heavy (non-hydrogen) atoms. The lowest BCUT2D eigenvalue weighted by Gasteiger charge is -2.35. The second kappa shape index (κ2) is 5.51. The lowest BCUT2D eigenvalue weighted by atomic mass is 9.75. The number of carbonyl (C=O) groups excluding carboxylic acids is 1. The molecule has 1 unspecified atom stereocenters. The number of fused-ring (bicyclic) bond motifs is 1. The van der Waals surface area contributed by atoms with Crippen molar-refractivity contribution in [3.05, 3.63) is 23.2 Å². The van der Waals surface area contributed by atoms with Crippen molar-refractivity contribution in [2.24, 2.45) is 5.41 Å². The third kappa shape index (κ3) is 3.00. The molecule has 0 saturated carbocycles. The number of amides is 2. The number of rotatable bonds is 3. The van der Waals surface area contributed by atoms with E-state index in [1.165, 1.54) is 0 Å². The van der Waals surface area contributed by atoms with Crippen molar-refractivity contribution < 1.29 is 9.21 Å². The topological polar surface area (TPSA) is 45.5 Å². The zero-order valence-electron chi connectivity index (χ0n) is 13.2. The summed E-state index contributed by atoms with van der Waals surface area (Å²) in [6.45, 7) is 11.9. The van der Waals surface area contributed by atoms with E-state index < -0.39 is 0 Å². The van der Waals surface area contributed by atoms with Crippen LogP contribution in [0.1, 0.15) is 57.2 Å². The van der Waals surface area contributed by atoms with Gasteiger partial charge in [0.05, 0.1) is 6.04 Å². The lowest BCUT2D eigenvalue weighted by molar-refractivity contribution is 0.185. The minimum absolute atomic E-state index is 0.0162. The zero-order valence-corrected chi connectivity index (χ0v) is 13.2. The van der Waals surface area contributed by atoms with Crippen LogP contribution in [-0.4, -0.2) is 24.0 Å². The van der Waals surface area contributed by atoms with Gasteiger partial charge in [-0.2, -0.15) is 0 Å². The van der Waals surface area contributed by atoms with Crippen LogP contribution in [0.3, 0.4) is 0 Å². The first kappa shape index (κ1) is 14.9. The molecule has 1 aromatic rings. The van der Waals surface area contributed by atoms with Crippen molar-refractivity contribution in [2.75, 3.05) is 13.1 Å². The maximum Gasteiger partial charge on any atom is 0.317 e. The summed E-state index contributed by atoms with van der Waals surface area (Å²) in [5.74, 6) is 1.96. The monoisotopic (exact) mass is 278 g/mol. The molecular weight excluding hydrogens is 252 g/mol. The Bertz CT molecular complexity index is 487. The molecule has 0 bridgehead atoms. The number of hydrogen-bond acceptors (Lipinski definition) is 2. The summed E-state index contributed by atoms with van der Waals surface area (Å²) in [5.41, 5.74) is 1.31. The van der Waals surface area contributed by atoms with Gasteiger partial charge in [0.2, 0.25) is 0 Å². The Labute approximate surface area is 121 Å². The Kier molecular flexibility index (Phi) is 4.11. The number of urea groups is 1. The Morgan fingerprint density at radius 2 is 2.10 bits per heavy atom. The molecule has 112 valence electrons. The maximum atomic E-state index is 12.3. The molecule has 1 atom stereocenters. The number of nitrogens with zero attached hydrogens (tertiary/aromatic N) is 1. The minimum atomic E-state index is 0.0162. The first-order chi connectivity index (χ1) is 9.36. The van der Waals surface area contributed by atoms with E-state index in [2.05, 4.69) is 25.2 Å². The van der Waals surface area contributed by atoms with E-state index in [0.29, 0.717) is 0 Å². The predicted molar refractivity (Wildman–Crippen MR) is 79.7 cm³/mol. The van der Waals surface area contributed by atoms with Gasteiger partial charge in [-0.15, -0.1) is 0 Å². The number of carbonyl (C=O) groups is 1. The van der Waals surface area contributed by atoms with E-state index in [4.69, 9.17) is 4.42 Å². The molecule has 0 aliphatic heterocycles. The van der Waals surface area contributed by atoms with Gasteiger partial charge in [-0.25, -0.2) is 4.79 Å².